The predicted octanol–water partition coefficient (Wildman–Crippen LogP) is 7.76. The van der Waals surface area contributed by atoms with Gasteiger partial charge in [-0.05, 0) is 94.7 Å². The Morgan fingerprint density at radius 1 is 1.07 bits per heavy atom. The van der Waals surface area contributed by atoms with E-state index in [1.54, 1.807) is 6.07 Å². The third-order valence-corrected chi connectivity index (χ3v) is 8.69. The van der Waals surface area contributed by atoms with Gasteiger partial charge in [0, 0.05) is 36.2 Å². The molecule has 0 bridgehead atoms. The van der Waals surface area contributed by atoms with Crippen molar-refractivity contribution in [3.63, 3.8) is 0 Å². The van der Waals surface area contributed by atoms with Crippen molar-refractivity contribution in [1.82, 2.24) is 9.88 Å². The van der Waals surface area contributed by atoms with E-state index >= 15 is 4.39 Å². The normalized spacial score (nSPS) is 15.3. The molecule has 0 aliphatic heterocycles. The molecule has 1 aromatic heterocycles. The van der Waals surface area contributed by atoms with Gasteiger partial charge >= 0.3 is 8.25 Å². The van der Waals surface area contributed by atoms with Gasteiger partial charge in [-0.3, -0.25) is 9.46 Å². The zero-order valence-corrected chi connectivity index (χ0v) is 26.7. The Labute approximate surface area is 250 Å². The number of hydrogen-bond donors (Lipinski definition) is 1. The SMILES string of the molecule is COc1cc(-c2ccc(COc3cccc(C(C4CC4)C(C)(C)O[PH](=O)O)c3)cc2CN(C(C)C)C(C)C)c(F)cn1. The zero-order chi connectivity index (χ0) is 30.6. The molecule has 2 unspecified atom stereocenters. The fourth-order valence-electron chi connectivity index (χ4n) is 5.95. The molecule has 4 rings (SSSR count). The van der Waals surface area contributed by atoms with E-state index < -0.39 is 19.7 Å². The van der Waals surface area contributed by atoms with Crippen molar-refractivity contribution in [1.29, 1.82) is 0 Å². The van der Waals surface area contributed by atoms with Crippen LogP contribution in [0.2, 0.25) is 0 Å². The molecule has 3 aromatic rings. The summed E-state index contributed by atoms with van der Waals surface area (Å²) in [6.07, 6.45) is 3.33. The summed E-state index contributed by atoms with van der Waals surface area (Å²) >= 11 is 0. The first-order valence-corrected chi connectivity index (χ1v) is 15.9. The summed E-state index contributed by atoms with van der Waals surface area (Å²) in [5.74, 6) is 1.06. The first-order valence-electron chi connectivity index (χ1n) is 14.6. The number of hydrogen-bond acceptors (Lipinski definition) is 6. The minimum absolute atomic E-state index is 0.0154. The lowest BCUT2D eigenvalue weighted by Gasteiger charge is -2.34. The molecule has 228 valence electrons. The highest BCUT2D eigenvalue weighted by atomic mass is 31.1. The second-order valence-electron chi connectivity index (χ2n) is 12.2. The van der Waals surface area contributed by atoms with Crippen molar-refractivity contribution in [2.45, 2.75) is 91.1 Å². The van der Waals surface area contributed by atoms with Gasteiger partial charge in [0.05, 0.1) is 18.9 Å². The lowest BCUT2D eigenvalue weighted by Crippen LogP contribution is -2.36. The third-order valence-electron chi connectivity index (χ3n) is 7.99. The Bertz CT molecular complexity index is 1380. The molecular formula is C33H44FN2O5P. The number of benzene rings is 2. The van der Waals surface area contributed by atoms with E-state index in [9.17, 15) is 9.46 Å². The Morgan fingerprint density at radius 2 is 1.79 bits per heavy atom. The Kier molecular flexibility index (Phi) is 10.5. The van der Waals surface area contributed by atoms with Gasteiger partial charge < -0.3 is 18.9 Å². The van der Waals surface area contributed by atoms with Crippen molar-refractivity contribution in [2.24, 2.45) is 5.92 Å². The van der Waals surface area contributed by atoms with E-state index in [1.807, 2.05) is 50.2 Å². The number of nitrogens with zero attached hydrogens (tertiary/aromatic N) is 2. The quantitative estimate of drug-likeness (QED) is 0.190. The molecule has 9 heteroatoms. The summed E-state index contributed by atoms with van der Waals surface area (Å²) in [6, 6.07) is 16.2. The fourth-order valence-corrected chi connectivity index (χ4v) is 6.53. The monoisotopic (exact) mass is 598 g/mol. The molecule has 0 saturated heterocycles. The van der Waals surface area contributed by atoms with Gasteiger partial charge in [0.1, 0.15) is 18.2 Å². The average Bonchev–Trinajstić information content (AvgIpc) is 3.75. The lowest BCUT2D eigenvalue weighted by atomic mass is 9.81. The van der Waals surface area contributed by atoms with Crippen LogP contribution in [0.25, 0.3) is 11.1 Å². The minimum atomic E-state index is -3.08. The highest BCUT2D eigenvalue weighted by Crippen LogP contribution is 2.51. The molecule has 1 fully saturated rings. The van der Waals surface area contributed by atoms with E-state index in [1.165, 1.54) is 13.3 Å². The molecule has 0 radical (unpaired) electrons. The number of halogens is 1. The molecule has 0 amide bonds. The van der Waals surface area contributed by atoms with E-state index in [-0.39, 0.29) is 5.92 Å². The second kappa shape index (κ2) is 13.7. The van der Waals surface area contributed by atoms with Crippen molar-refractivity contribution in [3.05, 3.63) is 77.2 Å². The average molecular weight is 599 g/mol. The van der Waals surface area contributed by atoms with Crippen LogP contribution in [-0.2, 0) is 22.2 Å². The van der Waals surface area contributed by atoms with Crippen LogP contribution in [0.5, 0.6) is 11.6 Å². The van der Waals surface area contributed by atoms with Crippen LogP contribution in [-0.4, -0.2) is 39.6 Å². The maximum atomic E-state index is 15.0. The van der Waals surface area contributed by atoms with Crippen LogP contribution in [0.4, 0.5) is 4.39 Å². The van der Waals surface area contributed by atoms with Gasteiger partial charge in [0.15, 0.2) is 0 Å². The summed E-state index contributed by atoms with van der Waals surface area (Å²) < 4.78 is 43.6. The van der Waals surface area contributed by atoms with Crippen LogP contribution in [0, 0.1) is 11.7 Å². The van der Waals surface area contributed by atoms with Crippen molar-refractivity contribution < 1.29 is 27.8 Å². The van der Waals surface area contributed by atoms with Gasteiger partial charge in [-0.2, -0.15) is 0 Å². The van der Waals surface area contributed by atoms with E-state index in [4.69, 9.17) is 14.0 Å². The Balaban J connectivity index is 1.62. The smallest absolute Gasteiger partial charge is 0.317 e. The molecule has 1 saturated carbocycles. The highest BCUT2D eigenvalue weighted by Gasteiger charge is 2.43. The predicted molar refractivity (Wildman–Crippen MR) is 165 cm³/mol. The molecule has 7 nitrogen and oxygen atoms in total. The van der Waals surface area contributed by atoms with Gasteiger partial charge in [0.2, 0.25) is 5.88 Å². The van der Waals surface area contributed by atoms with Crippen molar-refractivity contribution in [3.8, 4) is 22.8 Å². The summed E-state index contributed by atoms with van der Waals surface area (Å²) in [5.41, 5.74) is 3.46. The van der Waals surface area contributed by atoms with Gasteiger partial charge in [-0.1, -0.05) is 30.3 Å². The molecule has 0 spiro atoms. The van der Waals surface area contributed by atoms with Crippen LogP contribution in [0.3, 0.4) is 0 Å². The molecule has 1 aliphatic carbocycles. The second-order valence-corrected chi connectivity index (χ2v) is 12.9. The summed E-state index contributed by atoms with van der Waals surface area (Å²) in [7, 11) is -1.55. The maximum Gasteiger partial charge on any atom is 0.317 e. The third kappa shape index (κ3) is 7.99. The van der Waals surface area contributed by atoms with E-state index in [0.717, 1.165) is 35.1 Å². The van der Waals surface area contributed by atoms with E-state index in [0.29, 0.717) is 48.3 Å². The van der Waals surface area contributed by atoms with Crippen molar-refractivity contribution >= 4 is 8.25 Å². The minimum Gasteiger partial charge on any atom is -0.489 e. The largest absolute Gasteiger partial charge is 0.489 e. The number of ether oxygens (including phenoxy) is 2. The van der Waals surface area contributed by atoms with Crippen LogP contribution >= 0.6 is 8.25 Å². The van der Waals surface area contributed by atoms with E-state index in [2.05, 4.69) is 43.6 Å². The highest BCUT2D eigenvalue weighted by molar-refractivity contribution is 7.32. The Morgan fingerprint density at radius 3 is 2.40 bits per heavy atom. The summed E-state index contributed by atoms with van der Waals surface area (Å²) in [4.78, 5) is 15.9. The first-order chi connectivity index (χ1) is 19.9. The van der Waals surface area contributed by atoms with Crippen LogP contribution < -0.4 is 9.47 Å². The zero-order valence-electron chi connectivity index (χ0n) is 25.7. The number of pyridine rings is 1. The number of rotatable bonds is 14. The van der Waals surface area contributed by atoms with Crippen LogP contribution in [0.1, 0.15) is 77.0 Å². The van der Waals surface area contributed by atoms with Gasteiger partial charge in [-0.25, -0.2) is 9.37 Å². The molecule has 42 heavy (non-hydrogen) atoms. The number of methoxy groups -OCH3 is 1. The van der Waals surface area contributed by atoms with Crippen LogP contribution in [0.15, 0.2) is 54.7 Å². The lowest BCUT2D eigenvalue weighted by molar-refractivity contribution is 0.0650. The molecule has 1 N–H and O–H groups in total. The summed E-state index contributed by atoms with van der Waals surface area (Å²) in [6.45, 7) is 13.4. The van der Waals surface area contributed by atoms with Gasteiger partial charge in [0.25, 0.3) is 0 Å². The standard InChI is InChI=1S/C33H44FN2O5P/c1-21(2)36(22(3)4)19-26-15-23(11-14-28(26)29-17-31(39-7)35-18-30(29)34)20-40-27-10-8-9-25(16-27)32(24-12-13-24)33(5,6)41-42(37)38/h8-11,14-18,21-22,24,32,42H,12-13,19-20H2,1-7H3,(H,37,38). The molecular weight excluding hydrogens is 554 g/mol. The summed E-state index contributed by atoms with van der Waals surface area (Å²) in [5, 5.41) is 0. The fraction of sp³-hybridized carbons (Fsp3) is 0.485. The topological polar surface area (TPSA) is 81.1 Å². The van der Waals surface area contributed by atoms with Crippen molar-refractivity contribution in [2.75, 3.05) is 7.11 Å². The molecule has 1 aliphatic rings. The Hall–Kier alpha value is -2.77. The van der Waals surface area contributed by atoms with Gasteiger partial charge in [-0.15, -0.1) is 0 Å². The molecule has 2 aromatic carbocycles. The maximum absolute atomic E-state index is 15.0. The number of aromatic nitrogens is 1. The molecule has 1 heterocycles. The molecule has 2 atom stereocenters. The first kappa shape index (κ1) is 32.2.